The minimum atomic E-state index is -4.50. The maximum absolute atomic E-state index is 12.8. The molecule has 0 saturated heterocycles. The Morgan fingerprint density at radius 3 is 2.26 bits per heavy atom. The van der Waals surface area contributed by atoms with Crippen molar-refractivity contribution >= 4 is 23.2 Å². The lowest BCUT2D eigenvalue weighted by Gasteiger charge is -2.11. The van der Waals surface area contributed by atoms with Gasteiger partial charge in [0, 0.05) is 16.9 Å². The third-order valence-electron chi connectivity index (χ3n) is 4.24. The van der Waals surface area contributed by atoms with Crippen LogP contribution in [0.3, 0.4) is 0 Å². The summed E-state index contributed by atoms with van der Waals surface area (Å²) in [6, 6.07) is 17.6. The number of rotatable bonds is 6. The first-order valence-electron chi connectivity index (χ1n) is 9.29. The smallest absolute Gasteiger partial charge is 0.416 e. The van der Waals surface area contributed by atoms with Crippen LogP contribution in [-0.2, 0) is 11.0 Å². The van der Waals surface area contributed by atoms with Crippen molar-refractivity contribution in [3.8, 4) is 5.75 Å². The summed E-state index contributed by atoms with van der Waals surface area (Å²) in [6.07, 6.45) is -4.50. The molecule has 31 heavy (non-hydrogen) atoms. The third-order valence-corrected chi connectivity index (χ3v) is 4.24. The summed E-state index contributed by atoms with van der Waals surface area (Å²) in [5, 5.41) is 5.07. The largest absolute Gasteiger partial charge is 0.484 e. The first-order chi connectivity index (χ1) is 14.7. The van der Waals surface area contributed by atoms with Crippen molar-refractivity contribution < 1.29 is 27.5 Å². The van der Waals surface area contributed by atoms with Crippen LogP contribution in [0.15, 0.2) is 72.8 Å². The van der Waals surface area contributed by atoms with Crippen LogP contribution in [0, 0.1) is 6.92 Å². The molecule has 0 bridgehead atoms. The van der Waals surface area contributed by atoms with Gasteiger partial charge in [0.15, 0.2) is 6.61 Å². The Morgan fingerprint density at radius 1 is 0.871 bits per heavy atom. The van der Waals surface area contributed by atoms with Crippen LogP contribution in [0.1, 0.15) is 21.5 Å². The lowest BCUT2D eigenvalue weighted by molar-refractivity contribution is -0.137. The second-order valence-corrected chi connectivity index (χ2v) is 6.76. The van der Waals surface area contributed by atoms with Crippen LogP contribution in [0.25, 0.3) is 0 Å². The van der Waals surface area contributed by atoms with Crippen molar-refractivity contribution in [2.75, 3.05) is 17.2 Å². The molecule has 160 valence electrons. The molecule has 0 aliphatic heterocycles. The van der Waals surface area contributed by atoms with Crippen molar-refractivity contribution in [1.82, 2.24) is 0 Å². The summed E-state index contributed by atoms with van der Waals surface area (Å²) in [7, 11) is 0. The van der Waals surface area contributed by atoms with E-state index in [1.807, 2.05) is 25.1 Å². The highest BCUT2D eigenvalue weighted by Gasteiger charge is 2.30. The van der Waals surface area contributed by atoms with E-state index >= 15 is 0 Å². The van der Waals surface area contributed by atoms with Gasteiger partial charge in [0.1, 0.15) is 5.75 Å². The summed E-state index contributed by atoms with van der Waals surface area (Å²) < 4.78 is 43.8. The zero-order chi connectivity index (χ0) is 22.4. The Morgan fingerprint density at radius 2 is 1.58 bits per heavy atom. The normalized spacial score (nSPS) is 11.0. The van der Waals surface area contributed by atoms with E-state index in [1.165, 1.54) is 36.4 Å². The van der Waals surface area contributed by atoms with Crippen molar-refractivity contribution in [3.63, 3.8) is 0 Å². The van der Waals surface area contributed by atoms with Crippen LogP contribution >= 0.6 is 0 Å². The van der Waals surface area contributed by atoms with Crippen molar-refractivity contribution in [2.24, 2.45) is 0 Å². The molecule has 0 aliphatic rings. The number of carbonyl (C=O) groups excluding carboxylic acids is 2. The van der Waals surface area contributed by atoms with Crippen LogP contribution in [0.2, 0.25) is 0 Å². The van der Waals surface area contributed by atoms with E-state index in [1.54, 1.807) is 6.07 Å². The number of carbonyl (C=O) groups is 2. The number of hydrogen-bond donors (Lipinski definition) is 2. The molecule has 0 radical (unpaired) electrons. The summed E-state index contributed by atoms with van der Waals surface area (Å²) in [5.74, 6) is -0.362. The molecule has 0 heterocycles. The van der Waals surface area contributed by atoms with Crippen molar-refractivity contribution in [1.29, 1.82) is 0 Å². The predicted molar refractivity (Wildman–Crippen MR) is 111 cm³/mol. The molecule has 0 aliphatic carbocycles. The molecular formula is C23H19F3N2O3. The monoisotopic (exact) mass is 428 g/mol. The third kappa shape index (κ3) is 6.33. The highest BCUT2D eigenvalue weighted by molar-refractivity contribution is 6.04. The second kappa shape index (κ2) is 9.34. The summed E-state index contributed by atoms with van der Waals surface area (Å²) in [6.45, 7) is 1.74. The molecule has 0 fully saturated rings. The molecule has 5 nitrogen and oxygen atoms in total. The molecule has 0 saturated carbocycles. The van der Waals surface area contributed by atoms with Crippen LogP contribution < -0.4 is 15.4 Å². The van der Waals surface area contributed by atoms with Crippen LogP contribution in [0.4, 0.5) is 24.5 Å². The number of benzene rings is 3. The number of hydrogen-bond acceptors (Lipinski definition) is 3. The van der Waals surface area contributed by atoms with E-state index in [0.29, 0.717) is 11.4 Å². The minimum Gasteiger partial charge on any atom is -0.484 e. The first kappa shape index (κ1) is 21.9. The topological polar surface area (TPSA) is 67.4 Å². The first-order valence-corrected chi connectivity index (χ1v) is 9.29. The van der Waals surface area contributed by atoms with E-state index < -0.39 is 17.6 Å². The zero-order valence-electron chi connectivity index (χ0n) is 16.5. The molecule has 0 atom stereocenters. The number of anilines is 2. The Balaban J connectivity index is 1.55. The number of ether oxygens (including phenoxy) is 1. The van der Waals surface area contributed by atoms with E-state index in [9.17, 15) is 22.8 Å². The van der Waals surface area contributed by atoms with Gasteiger partial charge in [-0.1, -0.05) is 18.2 Å². The Kier molecular flexibility index (Phi) is 6.59. The fraction of sp³-hybridized carbons (Fsp3) is 0.130. The zero-order valence-corrected chi connectivity index (χ0v) is 16.5. The maximum atomic E-state index is 12.8. The van der Waals surface area contributed by atoms with Gasteiger partial charge in [0.25, 0.3) is 11.8 Å². The minimum absolute atomic E-state index is 0.0329. The number of halogens is 3. The molecule has 2 N–H and O–H groups in total. The molecular weight excluding hydrogens is 409 g/mol. The number of amides is 2. The SMILES string of the molecule is Cc1cccc(OCC(=O)Nc2ccc(C(=O)Nc3cccc(C(F)(F)F)c3)cc2)c1. The van der Waals surface area contributed by atoms with Gasteiger partial charge in [-0.15, -0.1) is 0 Å². The fourth-order valence-electron chi connectivity index (χ4n) is 2.73. The number of aryl methyl sites for hydroxylation is 1. The van der Waals surface area contributed by atoms with Crippen LogP contribution in [0.5, 0.6) is 5.75 Å². The van der Waals surface area contributed by atoms with E-state index in [0.717, 1.165) is 17.7 Å². The van der Waals surface area contributed by atoms with Gasteiger partial charge in [0.2, 0.25) is 0 Å². The Hall–Kier alpha value is -3.81. The van der Waals surface area contributed by atoms with Crippen LogP contribution in [-0.4, -0.2) is 18.4 Å². The number of alkyl halides is 3. The lowest BCUT2D eigenvalue weighted by Crippen LogP contribution is -2.20. The molecule has 3 aromatic carbocycles. The molecule has 0 aromatic heterocycles. The predicted octanol–water partition coefficient (Wildman–Crippen LogP) is 5.28. The molecule has 0 spiro atoms. The Bertz CT molecular complexity index is 1080. The lowest BCUT2D eigenvalue weighted by atomic mass is 10.1. The molecule has 2 amide bonds. The summed E-state index contributed by atoms with van der Waals surface area (Å²) in [4.78, 5) is 24.3. The molecule has 8 heteroatoms. The second-order valence-electron chi connectivity index (χ2n) is 6.76. The molecule has 3 aromatic rings. The fourth-order valence-corrected chi connectivity index (χ4v) is 2.73. The molecule has 0 unspecified atom stereocenters. The highest BCUT2D eigenvalue weighted by Crippen LogP contribution is 2.30. The standard InChI is InChI=1S/C23H19F3N2O3/c1-15-4-2-7-20(12-15)31-14-21(29)27-18-10-8-16(9-11-18)22(30)28-19-6-3-5-17(13-19)23(24,25)26/h2-13H,14H2,1H3,(H,27,29)(H,28,30). The van der Waals surface area contributed by atoms with Gasteiger partial charge in [0.05, 0.1) is 5.56 Å². The summed E-state index contributed by atoms with van der Waals surface area (Å²) in [5.41, 5.74) is 0.874. The van der Waals surface area contributed by atoms with Gasteiger partial charge in [-0.25, -0.2) is 0 Å². The van der Waals surface area contributed by atoms with Gasteiger partial charge >= 0.3 is 6.18 Å². The van der Waals surface area contributed by atoms with Crippen molar-refractivity contribution in [2.45, 2.75) is 13.1 Å². The van der Waals surface area contributed by atoms with Crippen molar-refractivity contribution in [3.05, 3.63) is 89.5 Å². The quantitative estimate of drug-likeness (QED) is 0.561. The average Bonchev–Trinajstić information content (AvgIpc) is 2.72. The summed E-state index contributed by atoms with van der Waals surface area (Å²) >= 11 is 0. The van der Waals surface area contributed by atoms with Gasteiger partial charge in [-0.3, -0.25) is 9.59 Å². The highest BCUT2D eigenvalue weighted by atomic mass is 19.4. The van der Waals surface area contributed by atoms with E-state index in [4.69, 9.17) is 4.74 Å². The van der Waals surface area contributed by atoms with Gasteiger partial charge in [-0.05, 0) is 67.1 Å². The molecule has 3 rings (SSSR count). The van der Waals surface area contributed by atoms with Gasteiger partial charge in [-0.2, -0.15) is 13.2 Å². The Labute approximate surface area is 176 Å². The van der Waals surface area contributed by atoms with E-state index in [-0.39, 0.29) is 23.8 Å². The number of nitrogens with one attached hydrogen (secondary N) is 2. The van der Waals surface area contributed by atoms with Gasteiger partial charge < -0.3 is 15.4 Å². The van der Waals surface area contributed by atoms with E-state index in [2.05, 4.69) is 10.6 Å². The average molecular weight is 428 g/mol. The maximum Gasteiger partial charge on any atom is 0.416 e.